The predicted molar refractivity (Wildman–Crippen MR) is 132 cm³/mol. The normalized spacial score (nSPS) is 12.3. The minimum absolute atomic E-state index is 0.0263. The van der Waals surface area contributed by atoms with Crippen LogP contribution >= 0.6 is 0 Å². The van der Waals surface area contributed by atoms with Crippen molar-refractivity contribution in [1.29, 1.82) is 0 Å². The molecule has 0 bridgehead atoms. The van der Waals surface area contributed by atoms with Gasteiger partial charge in [0.1, 0.15) is 5.82 Å². The zero-order valence-electron chi connectivity index (χ0n) is 19.9. The fourth-order valence-corrected chi connectivity index (χ4v) is 4.37. The Morgan fingerprint density at radius 3 is 2.39 bits per heavy atom. The standard InChI is InChI=1S/C25H34N4O3S/c1-5-16-29-22-11-10-20(33(26,31)32)17-21(22)28-23(29)12-13-24(30)27-15-14-18-6-8-19(9-7-18)25(2,3)4/h6-11,17H,5,12-16H2,1-4H3,(H,27,30)(H2,26,31,32). The maximum Gasteiger partial charge on any atom is 0.238 e. The van der Waals surface area contributed by atoms with Crippen LogP contribution < -0.4 is 10.5 Å². The van der Waals surface area contributed by atoms with Gasteiger partial charge >= 0.3 is 0 Å². The number of aromatic nitrogens is 2. The Bertz CT molecular complexity index is 1220. The van der Waals surface area contributed by atoms with Gasteiger partial charge in [0.05, 0.1) is 15.9 Å². The number of rotatable bonds is 9. The van der Waals surface area contributed by atoms with E-state index >= 15 is 0 Å². The van der Waals surface area contributed by atoms with Gasteiger partial charge < -0.3 is 9.88 Å². The third-order valence-electron chi connectivity index (χ3n) is 5.71. The van der Waals surface area contributed by atoms with Gasteiger partial charge in [0.25, 0.3) is 0 Å². The number of carbonyl (C=O) groups excluding carboxylic acids is 1. The number of primary sulfonamides is 1. The van der Waals surface area contributed by atoms with Crippen LogP contribution in [0.2, 0.25) is 0 Å². The Morgan fingerprint density at radius 2 is 1.79 bits per heavy atom. The van der Waals surface area contributed by atoms with Crippen molar-refractivity contribution in [3.63, 3.8) is 0 Å². The van der Waals surface area contributed by atoms with Gasteiger partial charge in [0.15, 0.2) is 0 Å². The lowest BCUT2D eigenvalue weighted by molar-refractivity contribution is -0.121. The molecule has 7 nitrogen and oxygen atoms in total. The molecule has 0 saturated carbocycles. The van der Waals surface area contributed by atoms with Crippen LogP contribution in [0.4, 0.5) is 0 Å². The molecule has 8 heteroatoms. The summed E-state index contributed by atoms with van der Waals surface area (Å²) in [6, 6.07) is 13.3. The van der Waals surface area contributed by atoms with Gasteiger partial charge in [0.2, 0.25) is 15.9 Å². The molecule has 0 unspecified atom stereocenters. The Hall–Kier alpha value is -2.71. The van der Waals surface area contributed by atoms with E-state index in [-0.39, 0.29) is 16.2 Å². The molecule has 0 saturated heterocycles. The highest BCUT2D eigenvalue weighted by atomic mass is 32.2. The van der Waals surface area contributed by atoms with Crippen molar-refractivity contribution in [3.8, 4) is 0 Å². The minimum Gasteiger partial charge on any atom is -0.356 e. The largest absolute Gasteiger partial charge is 0.356 e. The molecule has 33 heavy (non-hydrogen) atoms. The van der Waals surface area contributed by atoms with Crippen molar-refractivity contribution in [1.82, 2.24) is 14.9 Å². The van der Waals surface area contributed by atoms with Crippen LogP contribution in [0.25, 0.3) is 11.0 Å². The summed E-state index contributed by atoms with van der Waals surface area (Å²) >= 11 is 0. The Morgan fingerprint density at radius 1 is 1.09 bits per heavy atom. The van der Waals surface area contributed by atoms with Gasteiger partial charge in [-0.05, 0) is 47.6 Å². The lowest BCUT2D eigenvalue weighted by Gasteiger charge is -2.19. The van der Waals surface area contributed by atoms with E-state index in [1.165, 1.54) is 23.3 Å². The molecule has 0 spiro atoms. The first-order valence-corrected chi connectivity index (χ1v) is 12.9. The molecule has 3 N–H and O–H groups in total. The maximum atomic E-state index is 12.4. The van der Waals surface area contributed by atoms with E-state index in [0.717, 1.165) is 30.7 Å². The van der Waals surface area contributed by atoms with E-state index in [4.69, 9.17) is 5.14 Å². The molecule has 178 valence electrons. The number of nitrogens with two attached hydrogens (primary N) is 1. The number of nitrogens with zero attached hydrogens (tertiary/aromatic N) is 2. The fourth-order valence-electron chi connectivity index (χ4n) is 3.83. The van der Waals surface area contributed by atoms with Crippen LogP contribution in [0.15, 0.2) is 47.4 Å². The van der Waals surface area contributed by atoms with Gasteiger partial charge in [-0.2, -0.15) is 0 Å². The summed E-state index contributed by atoms with van der Waals surface area (Å²) < 4.78 is 25.4. The lowest BCUT2D eigenvalue weighted by atomic mass is 9.86. The molecule has 0 radical (unpaired) electrons. The van der Waals surface area contributed by atoms with E-state index in [9.17, 15) is 13.2 Å². The summed E-state index contributed by atoms with van der Waals surface area (Å²) in [5.41, 5.74) is 4.03. The van der Waals surface area contributed by atoms with Gasteiger partial charge in [-0.1, -0.05) is 52.0 Å². The molecular formula is C25H34N4O3S. The van der Waals surface area contributed by atoms with Gasteiger partial charge in [-0.15, -0.1) is 0 Å². The summed E-state index contributed by atoms with van der Waals surface area (Å²) in [4.78, 5) is 17.1. The highest BCUT2D eigenvalue weighted by molar-refractivity contribution is 7.89. The summed E-state index contributed by atoms with van der Waals surface area (Å²) in [6.45, 7) is 9.96. The number of aryl methyl sites for hydroxylation is 2. The van der Waals surface area contributed by atoms with Crippen molar-refractivity contribution in [3.05, 3.63) is 59.4 Å². The number of hydrogen-bond donors (Lipinski definition) is 2. The first-order chi connectivity index (χ1) is 15.5. The number of hydrogen-bond acceptors (Lipinski definition) is 4. The van der Waals surface area contributed by atoms with E-state index < -0.39 is 10.0 Å². The molecule has 1 heterocycles. The average molecular weight is 471 g/mol. The van der Waals surface area contributed by atoms with Crippen LogP contribution in [0.5, 0.6) is 0 Å². The van der Waals surface area contributed by atoms with Crippen molar-refractivity contribution < 1.29 is 13.2 Å². The molecule has 0 fully saturated rings. The third-order valence-corrected chi connectivity index (χ3v) is 6.62. The molecule has 0 aliphatic carbocycles. The Balaban J connectivity index is 1.60. The Kier molecular flexibility index (Phi) is 7.59. The minimum atomic E-state index is -3.79. The van der Waals surface area contributed by atoms with Crippen LogP contribution in [0.1, 0.15) is 57.5 Å². The molecule has 1 amide bonds. The molecule has 3 aromatic rings. The molecule has 2 aromatic carbocycles. The molecule has 1 aromatic heterocycles. The quantitative estimate of drug-likeness (QED) is 0.497. The van der Waals surface area contributed by atoms with E-state index in [2.05, 4.69) is 62.3 Å². The monoisotopic (exact) mass is 470 g/mol. The number of fused-ring (bicyclic) bond motifs is 1. The summed E-state index contributed by atoms with van der Waals surface area (Å²) in [5, 5.41) is 8.24. The highest BCUT2D eigenvalue weighted by Gasteiger charge is 2.16. The van der Waals surface area contributed by atoms with E-state index in [0.29, 0.717) is 24.9 Å². The number of imidazole rings is 1. The highest BCUT2D eigenvalue weighted by Crippen LogP contribution is 2.23. The first kappa shape index (κ1) is 24.9. The Labute approximate surface area is 196 Å². The number of nitrogens with one attached hydrogen (secondary N) is 1. The number of benzene rings is 2. The lowest BCUT2D eigenvalue weighted by Crippen LogP contribution is -2.26. The van der Waals surface area contributed by atoms with Gasteiger partial charge in [-0.3, -0.25) is 4.79 Å². The third kappa shape index (κ3) is 6.42. The van der Waals surface area contributed by atoms with Gasteiger partial charge in [0, 0.05) is 25.9 Å². The smallest absolute Gasteiger partial charge is 0.238 e. The van der Waals surface area contributed by atoms with Crippen LogP contribution in [0, 0.1) is 0 Å². The predicted octanol–water partition coefficient (Wildman–Crippen LogP) is 3.68. The number of sulfonamides is 1. The van der Waals surface area contributed by atoms with Crippen LogP contribution in [0.3, 0.4) is 0 Å². The van der Waals surface area contributed by atoms with E-state index in [1.54, 1.807) is 6.07 Å². The second-order valence-electron chi connectivity index (χ2n) is 9.42. The summed E-state index contributed by atoms with van der Waals surface area (Å²) in [7, 11) is -3.79. The van der Waals surface area contributed by atoms with Crippen molar-refractivity contribution in [2.24, 2.45) is 5.14 Å². The second kappa shape index (κ2) is 10.1. The molecule has 0 aliphatic heterocycles. The van der Waals surface area contributed by atoms with E-state index in [1.807, 2.05) is 4.57 Å². The van der Waals surface area contributed by atoms with Crippen molar-refractivity contribution >= 4 is 27.0 Å². The molecule has 3 rings (SSSR count). The van der Waals surface area contributed by atoms with Crippen molar-refractivity contribution in [2.45, 2.75) is 70.2 Å². The zero-order valence-corrected chi connectivity index (χ0v) is 20.7. The molecule has 0 aliphatic rings. The average Bonchev–Trinajstić information content (AvgIpc) is 3.08. The second-order valence-corrected chi connectivity index (χ2v) is 11.0. The van der Waals surface area contributed by atoms with Crippen molar-refractivity contribution in [2.75, 3.05) is 6.54 Å². The topological polar surface area (TPSA) is 107 Å². The van der Waals surface area contributed by atoms with Gasteiger partial charge in [-0.25, -0.2) is 18.5 Å². The summed E-state index contributed by atoms with van der Waals surface area (Å²) in [5.74, 6) is 0.743. The van der Waals surface area contributed by atoms with Crippen LogP contribution in [-0.4, -0.2) is 30.4 Å². The first-order valence-electron chi connectivity index (χ1n) is 11.4. The maximum absolute atomic E-state index is 12.4. The summed E-state index contributed by atoms with van der Waals surface area (Å²) in [6.07, 6.45) is 2.47. The molecular weight excluding hydrogens is 436 g/mol. The zero-order chi connectivity index (χ0) is 24.2. The molecule has 0 atom stereocenters. The number of carbonyl (C=O) groups is 1. The van der Waals surface area contributed by atoms with Crippen LogP contribution in [-0.2, 0) is 39.6 Å². The number of amides is 1. The SMILES string of the molecule is CCCn1c(CCC(=O)NCCc2ccc(C(C)(C)C)cc2)nc2cc(S(N)(=O)=O)ccc21. The fraction of sp³-hybridized carbons (Fsp3) is 0.440.